The molecule has 1 atom stereocenters. The highest BCUT2D eigenvalue weighted by atomic mass is 35.5. The van der Waals surface area contributed by atoms with Crippen LogP contribution in [0.2, 0.25) is 0 Å². The second-order valence-corrected chi connectivity index (χ2v) is 8.03. The zero-order valence-electron chi connectivity index (χ0n) is 13.1. The van der Waals surface area contributed by atoms with Crippen molar-refractivity contribution in [2.24, 2.45) is 5.92 Å². The molecule has 3 fully saturated rings. The number of carbonyl (C=O) groups excluding carboxylic acids is 1. The van der Waals surface area contributed by atoms with Crippen LogP contribution < -0.4 is 5.32 Å². The summed E-state index contributed by atoms with van der Waals surface area (Å²) in [5.41, 5.74) is 0. The minimum absolute atomic E-state index is 0. The lowest BCUT2D eigenvalue weighted by Gasteiger charge is -2.37. The topological polar surface area (TPSA) is 32.3 Å². The summed E-state index contributed by atoms with van der Waals surface area (Å²) in [4.78, 5) is 15.0. The van der Waals surface area contributed by atoms with Gasteiger partial charge in [-0.25, -0.2) is 0 Å². The van der Waals surface area contributed by atoms with Crippen molar-refractivity contribution < 1.29 is 4.79 Å². The highest BCUT2D eigenvalue weighted by Gasteiger charge is 2.38. The van der Waals surface area contributed by atoms with Gasteiger partial charge in [-0.05, 0) is 44.4 Å². The van der Waals surface area contributed by atoms with Gasteiger partial charge in [-0.1, -0.05) is 6.92 Å². The van der Waals surface area contributed by atoms with Crippen LogP contribution >= 0.6 is 24.2 Å². The van der Waals surface area contributed by atoms with Crippen LogP contribution in [0.15, 0.2) is 0 Å². The average molecular weight is 333 g/mol. The third-order valence-electron chi connectivity index (χ3n) is 5.03. The summed E-state index contributed by atoms with van der Waals surface area (Å²) in [7, 11) is 0. The summed E-state index contributed by atoms with van der Waals surface area (Å²) < 4.78 is 0. The smallest absolute Gasteiger partial charge is 0.224 e. The average Bonchev–Trinajstić information content (AvgIpc) is 3.27. The molecule has 2 aliphatic carbocycles. The molecule has 1 saturated heterocycles. The fourth-order valence-corrected chi connectivity index (χ4v) is 4.59. The van der Waals surface area contributed by atoms with E-state index in [-0.39, 0.29) is 12.4 Å². The minimum atomic E-state index is 0. The van der Waals surface area contributed by atoms with E-state index in [0.29, 0.717) is 24.0 Å². The first-order chi connectivity index (χ1) is 9.74. The van der Waals surface area contributed by atoms with Gasteiger partial charge >= 0.3 is 0 Å². The van der Waals surface area contributed by atoms with Gasteiger partial charge in [0.1, 0.15) is 0 Å². The van der Waals surface area contributed by atoms with E-state index in [1.807, 2.05) is 11.8 Å². The molecule has 1 aliphatic heterocycles. The summed E-state index contributed by atoms with van der Waals surface area (Å²) >= 11 is 1.98. The summed E-state index contributed by atoms with van der Waals surface area (Å²) in [6.07, 6.45) is 8.27. The number of nitrogens with one attached hydrogen (secondary N) is 1. The first kappa shape index (κ1) is 17.4. The maximum absolute atomic E-state index is 12.8. The third kappa shape index (κ3) is 4.77. The van der Waals surface area contributed by atoms with E-state index in [1.54, 1.807) is 0 Å². The van der Waals surface area contributed by atoms with Crippen molar-refractivity contribution in [3.63, 3.8) is 0 Å². The van der Waals surface area contributed by atoms with Crippen LogP contribution in [0.4, 0.5) is 0 Å². The fourth-order valence-electron chi connectivity index (χ4n) is 3.65. The molecule has 1 N–H and O–H groups in total. The number of rotatable bonds is 4. The molecule has 3 nitrogen and oxygen atoms in total. The first-order valence-electron chi connectivity index (χ1n) is 8.36. The molecule has 122 valence electrons. The molecule has 1 unspecified atom stereocenters. The van der Waals surface area contributed by atoms with E-state index in [2.05, 4.69) is 17.1 Å². The van der Waals surface area contributed by atoms with Crippen LogP contribution in [0, 0.1) is 5.92 Å². The van der Waals surface area contributed by atoms with Crippen molar-refractivity contribution in [3.8, 4) is 0 Å². The lowest BCUT2D eigenvalue weighted by atomic mass is 9.86. The summed E-state index contributed by atoms with van der Waals surface area (Å²) in [5.74, 6) is 3.58. The molecule has 3 rings (SSSR count). The summed E-state index contributed by atoms with van der Waals surface area (Å²) in [6, 6.07) is 1.53. The second kappa shape index (κ2) is 8.07. The Balaban J connectivity index is 0.00000161. The van der Waals surface area contributed by atoms with Crippen LogP contribution in [0.25, 0.3) is 0 Å². The van der Waals surface area contributed by atoms with E-state index in [9.17, 15) is 4.79 Å². The van der Waals surface area contributed by atoms with Crippen LogP contribution in [-0.2, 0) is 4.79 Å². The van der Waals surface area contributed by atoms with Gasteiger partial charge in [-0.3, -0.25) is 4.79 Å². The van der Waals surface area contributed by atoms with Crippen molar-refractivity contribution in [2.45, 2.75) is 70.0 Å². The Morgan fingerprint density at radius 1 is 1.14 bits per heavy atom. The summed E-state index contributed by atoms with van der Waals surface area (Å²) in [6.45, 7) is 3.41. The molecule has 5 heteroatoms. The Kier molecular flexibility index (Phi) is 6.70. The highest BCUT2D eigenvalue weighted by Crippen LogP contribution is 2.35. The monoisotopic (exact) mass is 332 g/mol. The maximum atomic E-state index is 12.8. The molecule has 3 aliphatic rings. The normalized spacial score (nSPS) is 33.1. The molecule has 0 spiro atoms. The Morgan fingerprint density at radius 2 is 1.76 bits per heavy atom. The molecule has 2 saturated carbocycles. The zero-order chi connectivity index (χ0) is 13.9. The van der Waals surface area contributed by atoms with Gasteiger partial charge in [-0.15, -0.1) is 12.4 Å². The van der Waals surface area contributed by atoms with E-state index < -0.39 is 0 Å². The molecule has 0 radical (unpaired) electrons. The number of nitrogens with zero attached hydrogens (tertiary/aromatic N) is 1. The predicted molar refractivity (Wildman–Crippen MR) is 92.3 cm³/mol. The molecular formula is C16H29ClN2OS. The molecule has 0 aromatic heterocycles. The highest BCUT2D eigenvalue weighted by molar-refractivity contribution is 7.99. The van der Waals surface area contributed by atoms with Gasteiger partial charge in [0.2, 0.25) is 5.91 Å². The standard InChI is InChI=1S/C16H28N2OS.ClH/c1-12-2-4-14(5-3-12)18(15-6-7-15)16(19)10-13-11-20-9-8-17-13;/h12-15,17H,2-11H2,1H3;1H. The van der Waals surface area contributed by atoms with Gasteiger partial charge < -0.3 is 10.2 Å². The quantitative estimate of drug-likeness (QED) is 0.858. The van der Waals surface area contributed by atoms with Gasteiger partial charge in [-0.2, -0.15) is 11.8 Å². The number of hydrogen-bond acceptors (Lipinski definition) is 3. The molecule has 21 heavy (non-hydrogen) atoms. The number of carbonyl (C=O) groups is 1. The molecule has 1 amide bonds. The fraction of sp³-hybridized carbons (Fsp3) is 0.938. The van der Waals surface area contributed by atoms with E-state index in [1.165, 1.54) is 44.3 Å². The van der Waals surface area contributed by atoms with Crippen molar-refractivity contribution in [1.82, 2.24) is 10.2 Å². The maximum Gasteiger partial charge on any atom is 0.224 e. The van der Waals surface area contributed by atoms with Crippen molar-refractivity contribution in [3.05, 3.63) is 0 Å². The van der Waals surface area contributed by atoms with E-state index in [4.69, 9.17) is 0 Å². The largest absolute Gasteiger partial charge is 0.337 e. The van der Waals surface area contributed by atoms with E-state index >= 15 is 0 Å². The van der Waals surface area contributed by atoms with Crippen molar-refractivity contribution >= 4 is 30.1 Å². The van der Waals surface area contributed by atoms with Crippen molar-refractivity contribution in [1.29, 1.82) is 0 Å². The van der Waals surface area contributed by atoms with Gasteiger partial charge in [0, 0.05) is 42.6 Å². The Labute approximate surface area is 139 Å². The lowest BCUT2D eigenvalue weighted by molar-refractivity contribution is -0.135. The molecule has 0 aromatic rings. The van der Waals surface area contributed by atoms with Crippen LogP contribution in [0.1, 0.15) is 51.9 Å². The Morgan fingerprint density at radius 3 is 2.29 bits per heavy atom. The number of halogens is 1. The second-order valence-electron chi connectivity index (χ2n) is 6.88. The Bertz CT molecular complexity index is 337. The Hall–Kier alpha value is 0.0700. The van der Waals surface area contributed by atoms with Crippen LogP contribution in [0.5, 0.6) is 0 Å². The third-order valence-corrected chi connectivity index (χ3v) is 6.16. The zero-order valence-corrected chi connectivity index (χ0v) is 14.7. The predicted octanol–water partition coefficient (Wildman–Crippen LogP) is 3.07. The van der Waals surface area contributed by atoms with Gasteiger partial charge in [0.05, 0.1) is 0 Å². The molecule has 1 heterocycles. The molecule has 0 aromatic carbocycles. The minimum Gasteiger partial charge on any atom is -0.337 e. The van der Waals surface area contributed by atoms with Crippen molar-refractivity contribution in [2.75, 3.05) is 18.1 Å². The van der Waals surface area contributed by atoms with Gasteiger partial charge in [0.15, 0.2) is 0 Å². The first-order valence-corrected chi connectivity index (χ1v) is 9.52. The van der Waals surface area contributed by atoms with Crippen LogP contribution in [0.3, 0.4) is 0 Å². The number of thioether (sulfide) groups is 1. The van der Waals surface area contributed by atoms with E-state index in [0.717, 1.165) is 24.6 Å². The molecule has 0 bridgehead atoms. The van der Waals surface area contributed by atoms with Crippen LogP contribution in [-0.4, -0.2) is 47.0 Å². The van der Waals surface area contributed by atoms with Gasteiger partial charge in [0.25, 0.3) is 0 Å². The lowest BCUT2D eigenvalue weighted by Crippen LogP contribution is -2.47. The summed E-state index contributed by atoms with van der Waals surface area (Å²) in [5, 5.41) is 3.51. The number of hydrogen-bond donors (Lipinski definition) is 1. The number of amides is 1. The molecular weight excluding hydrogens is 304 g/mol. The SMILES string of the molecule is CC1CCC(N(C(=O)CC2CSCCN2)C2CC2)CC1.Cl.